The summed E-state index contributed by atoms with van der Waals surface area (Å²) in [6.07, 6.45) is 0. The van der Waals surface area contributed by atoms with E-state index in [4.69, 9.17) is 9.47 Å². The van der Waals surface area contributed by atoms with Gasteiger partial charge in [0.2, 0.25) is 0 Å². The summed E-state index contributed by atoms with van der Waals surface area (Å²) in [5.41, 5.74) is 3.91. The predicted molar refractivity (Wildman–Crippen MR) is 122 cm³/mol. The molecule has 0 fully saturated rings. The van der Waals surface area contributed by atoms with Crippen LogP contribution in [0.1, 0.15) is 28.4 Å². The zero-order valence-electron chi connectivity index (χ0n) is 17.9. The molecule has 0 atom stereocenters. The SMILES string of the molecule is CCOc1ccccc1NC(=O)c1ccc(OCC(=O)Nc2cc(C)ccc2C)cc1. The third-order valence-electron chi connectivity index (χ3n) is 4.59. The van der Waals surface area contributed by atoms with Crippen molar-refractivity contribution in [3.63, 3.8) is 0 Å². The van der Waals surface area contributed by atoms with Gasteiger partial charge in [-0.25, -0.2) is 0 Å². The lowest BCUT2D eigenvalue weighted by Gasteiger charge is -2.12. The van der Waals surface area contributed by atoms with Crippen molar-refractivity contribution in [2.45, 2.75) is 20.8 Å². The largest absolute Gasteiger partial charge is 0.492 e. The number of carbonyl (C=O) groups excluding carboxylic acids is 2. The molecular formula is C25H26N2O4. The fourth-order valence-corrected chi connectivity index (χ4v) is 2.95. The molecule has 3 rings (SSSR count). The van der Waals surface area contributed by atoms with Gasteiger partial charge in [-0.1, -0.05) is 24.3 Å². The fourth-order valence-electron chi connectivity index (χ4n) is 2.95. The van der Waals surface area contributed by atoms with Gasteiger partial charge in [-0.2, -0.15) is 0 Å². The summed E-state index contributed by atoms with van der Waals surface area (Å²) in [6.45, 7) is 6.18. The van der Waals surface area contributed by atoms with E-state index < -0.39 is 0 Å². The lowest BCUT2D eigenvalue weighted by atomic mass is 10.1. The first kappa shape index (κ1) is 21.9. The summed E-state index contributed by atoms with van der Waals surface area (Å²) >= 11 is 0. The molecule has 3 aromatic carbocycles. The Hall–Kier alpha value is -3.80. The highest BCUT2D eigenvalue weighted by molar-refractivity contribution is 6.05. The van der Waals surface area contributed by atoms with Gasteiger partial charge in [0.1, 0.15) is 11.5 Å². The number of benzene rings is 3. The lowest BCUT2D eigenvalue weighted by Crippen LogP contribution is -2.20. The summed E-state index contributed by atoms with van der Waals surface area (Å²) in [5.74, 6) is 0.616. The summed E-state index contributed by atoms with van der Waals surface area (Å²) in [4.78, 5) is 24.7. The molecule has 0 saturated carbocycles. The lowest BCUT2D eigenvalue weighted by molar-refractivity contribution is -0.118. The van der Waals surface area contributed by atoms with Crippen LogP contribution in [0.2, 0.25) is 0 Å². The molecule has 2 amide bonds. The Kier molecular flexibility index (Phi) is 7.27. The highest BCUT2D eigenvalue weighted by atomic mass is 16.5. The zero-order valence-corrected chi connectivity index (χ0v) is 17.9. The number of amides is 2. The van der Waals surface area contributed by atoms with Gasteiger partial charge in [-0.3, -0.25) is 9.59 Å². The molecule has 0 spiro atoms. The number of hydrogen-bond acceptors (Lipinski definition) is 4. The topological polar surface area (TPSA) is 76.7 Å². The molecule has 6 nitrogen and oxygen atoms in total. The third kappa shape index (κ3) is 6.09. The van der Waals surface area contributed by atoms with Crippen LogP contribution < -0.4 is 20.1 Å². The van der Waals surface area contributed by atoms with Gasteiger partial charge in [0.25, 0.3) is 11.8 Å². The maximum atomic E-state index is 12.5. The molecule has 0 bridgehead atoms. The molecule has 0 saturated heterocycles. The summed E-state index contributed by atoms with van der Waals surface area (Å²) in [5, 5.41) is 5.70. The molecule has 0 unspecified atom stereocenters. The molecule has 2 N–H and O–H groups in total. The highest BCUT2D eigenvalue weighted by Gasteiger charge is 2.11. The third-order valence-corrected chi connectivity index (χ3v) is 4.59. The van der Waals surface area contributed by atoms with E-state index in [2.05, 4.69) is 10.6 Å². The molecule has 160 valence electrons. The number of rotatable bonds is 8. The van der Waals surface area contributed by atoms with E-state index in [0.717, 1.165) is 16.8 Å². The Balaban J connectivity index is 1.56. The van der Waals surface area contributed by atoms with E-state index in [1.807, 2.05) is 51.1 Å². The molecule has 0 heterocycles. The van der Waals surface area contributed by atoms with Crippen LogP contribution in [0, 0.1) is 13.8 Å². The van der Waals surface area contributed by atoms with E-state index in [9.17, 15) is 9.59 Å². The number of para-hydroxylation sites is 2. The minimum atomic E-state index is -0.258. The van der Waals surface area contributed by atoms with Gasteiger partial charge in [-0.15, -0.1) is 0 Å². The number of aryl methyl sites for hydroxylation is 2. The van der Waals surface area contributed by atoms with Crippen molar-refractivity contribution >= 4 is 23.2 Å². The van der Waals surface area contributed by atoms with Crippen molar-refractivity contribution < 1.29 is 19.1 Å². The molecule has 6 heteroatoms. The van der Waals surface area contributed by atoms with Gasteiger partial charge in [0, 0.05) is 11.3 Å². The Bertz CT molecular complexity index is 1060. The van der Waals surface area contributed by atoms with Crippen LogP contribution in [-0.2, 0) is 4.79 Å². The number of anilines is 2. The van der Waals surface area contributed by atoms with Gasteiger partial charge in [-0.05, 0) is 74.4 Å². The fraction of sp³-hybridized carbons (Fsp3) is 0.200. The maximum Gasteiger partial charge on any atom is 0.262 e. The minimum Gasteiger partial charge on any atom is -0.492 e. The standard InChI is InChI=1S/C25H26N2O4/c1-4-30-23-8-6-5-7-21(23)27-25(29)19-11-13-20(14-12-19)31-16-24(28)26-22-15-17(2)9-10-18(22)3/h5-15H,4,16H2,1-3H3,(H,26,28)(H,27,29). The number of hydrogen-bond donors (Lipinski definition) is 2. The summed E-state index contributed by atoms with van der Waals surface area (Å²) in [7, 11) is 0. The number of nitrogens with one attached hydrogen (secondary N) is 2. The van der Waals surface area contributed by atoms with Gasteiger partial charge in [0.15, 0.2) is 6.61 Å². The van der Waals surface area contributed by atoms with Crippen molar-refractivity contribution in [2.75, 3.05) is 23.8 Å². The second-order valence-corrected chi connectivity index (χ2v) is 7.06. The monoisotopic (exact) mass is 418 g/mol. The smallest absolute Gasteiger partial charge is 0.262 e. The molecule has 0 aliphatic carbocycles. The second-order valence-electron chi connectivity index (χ2n) is 7.06. The van der Waals surface area contributed by atoms with Crippen molar-refractivity contribution in [2.24, 2.45) is 0 Å². The van der Waals surface area contributed by atoms with Gasteiger partial charge in [0.05, 0.1) is 12.3 Å². The maximum absolute atomic E-state index is 12.5. The normalized spacial score (nSPS) is 10.3. The first-order chi connectivity index (χ1) is 15.0. The van der Waals surface area contributed by atoms with Crippen LogP contribution >= 0.6 is 0 Å². The Labute approximate surface area is 182 Å². The number of carbonyl (C=O) groups is 2. The summed E-state index contributed by atoms with van der Waals surface area (Å²) in [6, 6.07) is 19.8. The Morgan fingerprint density at radius 2 is 1.58 bits per heavy atom. The number of ether oxygens (including phenoxy) is 2. The Morgan fingerprint density at radius 3 is 2.32 bits per heavy atom. The molecule has 0 aliphatic rings. The van der Waals surface area contributed by atoms with E-state index in [1.165, 1.54) is 0 Å². The molecule has 0 aromatic heterocycles. The van der Waals surface area contributed by atoms with Crippen LogP contribution in [0.3, 0.4) is 0 Å². The molecule has 3 aromatic rings. The van der Waals surface area contributed by atoms with Crippen molar-refractivity contribution in [3.8, 4) is 11.5 Å². The molecule has 0 aliphatic heterocycles. The van der Waals surface area contributed by atoms with Crippen LogP contribution in [0.4, 0.5) is 11.4 Å². The molecule has 0 radical (unpaired) electrons. The highest BCUT2D eigenvalue weighted by Crippen LogP contribution is 2.24. The van der Waals surface area contributed by atoms with E-state index in [-0.39, 0.29) is 18.4 Å². The minimum absolute atomic E-state index is 0.124. The average molecular weight is 418 g/mol. The second kappa shape index (κ2) is 10.3. The van der Waals surface area contributed by atoms with Crippen LogP contribution in [-0.4, -0.2) is 25.0 Å². The van der Waals surface area contributed by atoms with Crippen LogP contribution in [0.15, 0.2) is 66.7 Å². The Morgan fingerprint density at radius 1 is 0.839 bits per heavy atom. The van der Waals surface area contributed by atoms with E-state index in [0.29, 0.717) is 29.4 Å². The van der Waals surface area contributed by atoms with Crippen LogP contribution in [0.25, 0.3) is 0 Å². The average Bonchev–Trinajstić information content (AvgIpc) is 2.77. The summed E-state index contributed by atoms with van der Waals surface area (Å²) < 4.78 is 11.1. The van der Waals surface area contributed by atoms with E-state index in [1.54, 1.807) is 36.4 Å². The zero-order chi connectivity index (χ0) is 22.2. The quantitative estimate of drug-likeness (QED) is 0.541. The van der Waals surface area contributed by atoms with Crippen LogP contribution in [0.5, 0.6) is 11.5 Å². The van der Waals surface area contributed by atoms with Crippen molar-refractivity contribution in [3.05, 3.63) is 83.4 Å². The predicted octanol–water partition coefficient (Wildman–Crippen LogP) is 4.97. The van der Waals surface area contributed by atoms with Crippen molar-refractivity contribution in [1.82, 2.24) is 0 Å². The van der Waals surface area contributed by atoms with Gasteiger partial charge < -0.3 is 20.1 Å². The van der Waals surface area contributed by atoms with Crippen molar-refractivity contribution in [1.29, 1.82) is 0 Å². The van der Waals surface area contributed by atoms with E-state index >= 15 is 0 Å². The first-order valence-electron chi connectivity index (χ1n) is 10.1. The molecular weight excluding hydrogens is 392 g/mol. The van der Waals surface area contributed by atoms with Gasteiger partial charge >= 0.3 is 0 Å². The molecule has 31 heavy (non-hydrogen) atoms. The first-order valence-corrected chi connectivity index (χ1v) is 10.1.